The van der Waals surface area contributed by atoms with E-state index in [1.54, 1.807) is 35.9 Å². The molecule has 3 atom stereocenters. The van der Waals surface area contributed by atoms with E-state index in [1.165, 1.54) is 42.7 Å². The lowest BCUT2D eigenvalue weighted by Crippen LogP contribution is -2.18. The van der Waals surface area contributed by atoms with Crippen LogP contribution in [0.5, 0.6) is 0 Å². The van der Waals surface area contributed by atoms with Crippen LogP contribution in [0.3, 0.4) is 0 Å². The minimum Gasteiger partial charge on any atom is -0.367 e. The van der Waals surface area contributed by atoms with E-state index in [4.69, 9.17) is 5.73 Å². The topological polar surface area (TPSA) is 60.9 Å². The lowest BCUT2D eigenvalue weighted by Gasteiger charge is -2.21. The first kappa shape index (κ1) is 23.9. The zero-order valence-electron chi connectivity index (χ0n) is 18.6. The zero-order valence-corrected chi connectivity index (χ0v) is 18.6. The van der Waals surface area contributed by atoms with Crippen LogP contribution in [0.2, 0.25) is 0 Å². The van der Waals surface area contributed by atoms with Crippen molar-refractivity contribution in [2.75, 3.05) is 0 Å². The second-order valence-corrected chi connectivity index (χ2v) is 9.20. The van der Waals surface area contributed by atoms with Crippen LogP contribution in [0.1, 0.15) is 62.2 Å². The molecule has 0 bridgehead atoms. The van der Waals surface area contributed by atoms with E-state index in [1.807, 2.05) is 23.9 Å². The Balaban J connectivity index is 0.000000173. The first-order valence-corrected chi connectivity index (χ1v) is 11.5. The lowest BCUT2D eigenvalue weighted by molar-refractivity contribution is -0.122. The Morgan fingerprint density at radius 1 is 1.24 bits per heavy atom. The second-order valence-electron chi connectivity index (χ2n) is 9.20. The maximum atomic E-state index is 13.2. The molecule has 2 N–H and O–H groups in total. The number of carbonyl (C=O) groups excluding carboxylic acids is 1. The molecular weight excluding hydrogens is 432 g/mol. The van der Waals surface area contributed by atoms with Crippen molar-refractivity contribution in [3.63, 3.8) is 0 Å². The van der Waals surface area contributed by atoms with Crippen molar-refractivity contribution in [1.82, 2.24) is 9.78 Å². The number of fused-ring (bicyclic) bond motifs is 1. The molecule has 3 aromatic rings. The van der Waals surface area contributed by atoms with E-state index < -0.39 is 12.1 Å². The van der Waals surface area contributed by atoms with Gasteiger partial charge in [-0.1, -0.05) is 44.2 Å². The van der Waals surface area contributed by atoms with E-state index >= 15 is 0 Å². The number of allylic oxidation sites excluding steroid dienone is 1. The van der Waals surface area contributed by atoms with E-state index in [2.05, 4.69) is 11.2 Å². The predicted molar refractivity (Wildman–Crippen MR) is 131 cm³/mol. The zero-order chi connectivity index (χ0) is 23.2. The van der Waals surface area contributed by atoms with Gasteiger partial charge in [0, 0.05) is 0 Å². The van der Waals surface area contributed by atoms with Crippen LogP contribution in [0.15, 0.2) is 60.3 Å². The molecule has 178 valence electrons. The van der Waals surface area contributed by atoms with Gasteiger partial charge in [-0.2, -0.15) is 5.10 Å². The molecule has 6 rings (SSSR count). The molecule has 1 heterocycles. The maximum absolute atomic E-state index is 13.2. The Kier molecular flexibility index (Phi) is 6.43. The summed E-state index contributed by atoms with van der Waals surface area (Å²) >= 11 is 0. The van der Waals surface area contributed by atoms with Gasteiger partial charge in [-0.15, -0.1) is 0 Å². The van der Waals surface area contributed by atoms with Crippen molar-refractivity contribution in [2.45, 2.75) is 52.6 Å². The minimum absolute atomic E-state index is 0. The third-order valence-corrected chi connectivity index (χ3v) is 7.37. The first-order chi connectivity index (χ1) is 15.9. The Morgan fingerprint density at radius 3 is 2.65 bits per heavy atom. The normalized spacial score (nSPS) is 22.1. The quantitative estimate of drug-likeness (QED) is 0.506. The molecule has 3 aliphatic rings. The number of aromatic nitrogens is 2. The highest BCUT2D eigenvalue weighted by molar-refractivity contribution is 5.80. The number of halogens is 2. The summed E-state index contributed by atoms with van der Waals surface area (Å²) in [6, 6.07) is 13.5. The third-order valence-electron chi connectivity index (χ3n) is 7.37. The molecule has 4 nitrogen and oxygen atoms in total. The smallest absolute Gasteiger partial charge is 0.256 e. The Bertz CT molecular complexity index is 1230. The standard InChI is InChI=1S/C17H15FN2.C10H12FNO.CH4/c18-14-3-5-15(6-4-14)20-16-7-12-1-2-13-9-17(12,13)8-11(16)10-19-20;1-2-7-5-3-4-6-8(7)9(11)10(12)13;/h3-7,10,13H,1-2,8-9H2;3-6,9H,2H2,1H3,(H2,12,13);1H4. The van der Waals surface area contributed by atoms with Gasteiger partial charge in [0.1, 0.15) is 5.82 Å². The predicted octanol–water partition coefficient (Wildman–Crippen LogP) is 6.13. The van der Waals surface area contributed by atoms with Crippen molar-refractivity contribution in [3.8, 4) is 5.69 Å². The molecule has 6 heteroatoms. The highest BCUT2D eigenvalue weighted by Crippen LogP contribution is 2.69. The molecule has 0 radical (unpaired) electrons. The van der Waals surface area contributed by atoms with Gasteiger partial charge in [0.15, 0.2) is 0 Å². The fourth-order valence-corrected chi connectivity index (χ4v) is 5.51. The number of nitrogens with two attached hydrogens (primary N) is 1. The molecule has 34 heavy (non-hydrogen) atoms. The van der Waals surface area contributed by atoms with Crippen LogP contribution >= 0.6 is 0 Å². The average molecular weight is 464 g/mol. The molecule has 1 amide bonds. The highest BCUT2D eigenvalue weighted by Gasteiger charge is 2.60. The van der Waals surface area contributed by atoms with Crippen molar-refractivity contribution >= 4 is 12.0 Å². The molecule has 1 spiro atoms. The average Bonchev–Trinajstić information content (AvgIpc) is 3.18. The first-order valence-electron chi connectivity index (χ1n) is 11.5. The summed E-state index contributed by atoms with van der Waals surface area (Å²) in [6.45, 7) is 1.91. The van der Waals surface area contributed by atoms with Gasteiger partial charge in [-0.3, -0.25) is 4.79 Å². The maximum Gasteiger partial charge on any atom is 0.256 e. The van der Waals surface area contributed by atoms with Crippen molar-refractivity contribution in [1.29, 1.82) is 0 Å². The van der Waals surface area contributed by atoms with Gasteiger partial charge in [-0.05, 0) is 90.5 Å². The molecule has 0 saturated heterocycles. The monoisotopic (exact) mass is 463 g/mol. The minimum atomic E-state index is -1.68. The van der Waals surface area contributed by atoms with Gasteiger partial charge in [0.05, 0.1) is 17.6 Å². The number of benzene rings is 2. The van der Waals surface area contributed by atoms with Crippen molar-refractivity contribution < 1.29 is 13.6 Å². The number of nitrogens with zero attached hydrogens (tertiary/aromatic N) is 2. The summed E-state index contributed by atoms with van der Waals surface area (Å²) < 4.78 is 28.2. The summed E-state index contributed by atoms with van der Waals surface area (Å²) in [4.78, 5) is 10.6. The van der Waals surface area contributed by atoms with Gasteiger partial charge >= 0.3 is 0 Å². The number of hydrogen-bond donors (Lipinski definition) is 1. The van der Waals surface area contributed by atoms with Crippen molar-refractivity contribution in [2.24, 2.45) is 17.1 Å². The largest absolute Gasteiger partial charge is 0.367 e. The van der Waals surface area contributed by atoms with E-state index in [-0.39, 0.29) is 13.2 Å². The van der Waals surface area contributed by atoms with Gasteiger partial charge < -0.3 is 5.73 Å². The molecule has 1 aromatic heterocycles. The second kappa shape index (κ2) is 9.16. The number of hydrogen-bond acceptors (Lipinski definition) is 2. The summed E-state index contributed by atoms with van der Waals surface area (Å²) in [5.74, 6) is -0.208. The number of rotatable bonds is 4. The van der Waals surface area contributed by atoms with Crippen LogP contribution in [-0.4, -0.2) is 15.7 Å². The van der Waals surface area contributed by atoms with Crippen LogP contribution in [0.4, 0.5) is 8.78 Å². The molecule has 2 aromatic carbocycles. The lowest BCUT2D eigenvalue weighted by atomic mass is 9.84. The summed E-state index contributed by atoms with van der Waals surface area (Å²) in [5, 5.41) is 4.52. The van der Waals surface area contributed by atoms with E-state index in [0.717, 1.165) is 23.6 Å². The Hall–Kier alpha value is -3.28. The van der Waals surface area contributed by atoms with Crippen molar-refractivity contribution in [3.05, 3.63) is 88.5 Å². The van der Waals surface area contributed by atoms with Crippen LogP contribution in [-0.2, 0) is 17.6 Å². The van der Waals surface area contributed by atoms with Crippen LogP contribution in [0.25, 0.3) is 11.8 Å². The number of aryl methyl sites for hydroxylation is 1. The van der Waals surface area contributed by atoms with E-state index in [9.17, 15) is 13.6 Å². The summed E-state index contributed by atoms with van der Waals surface area (Å²) in [5.41, 5.74) is 11.7. The molecule has 0 aliphatic heterocycles. The third kappa shape index (κ3) is 4.06. The number of primary amides is 1. The summed E-state index contributed by atoms with van der Waals surface area (Å²) in [7, 11) is 0. The molecule has 3 unspecified atom stereocenters. The Morgan fingerprint density at radius 2 is 1.97 bits per heavy atom. The van der Waals surface area contributed by atoms with Gasteiger partial charge in [-0.25, -0.2) is 13.5 Å². The van der Waals surface area contributed by atoms with Crippen LogP contribution < -0.4 is 5.73 Å². The number of carbonyl (C=O) groups is 1. The SMILES string of the molecule is C.CCc1ccccc1C(F)C(N)=O.Fc1ccc(-n2ncc3c2C=C2CCC4CC24C3)cc1. The van der Waals surface area contributed by atoms with Gasteiger partial charge in [0.2, 0.25) is 6.17 Å². The molecule has 2 fully saturated rings. The fourth-order valence-electron chi connectivity index (χ4n) is 5.51. The highest BCUT2D eigenvalue weighted by atomic mass is 19.1. The molecule has 2 saturated carbocycles. The number of alkyl halides is 1. The number of amides is 1. The Labute approximate surface area is 199 Å². The fraction of sp³-hybridized carbons (Fsp3) is 0.357. The van der Waals surface area contributed by atoms with Crippen LogP contribution in [0, 0.1) is 17.2 Å². The van der Waals surface area contributed by atoms with Gasteiger partial charge in [0.25, 0.3) is 5.91 Å². The summed E-state index contributed by atoms with van der Waals surface area (Å²) in [6.07, 6.45) is 8.50. The molecular formula is C28H31F2N3O. The van der Waals surface area contributed by atoms with E-state index in [0.29, 0.717) is 17.4 Å². The molecule has 3 aliphatic carbocycles.